The van der Waals surface area contributed by atoms with Crippen LogP contribution in [0.15, 0.2) is 69.0 Å². The first-order valence-corrected chi connectivity index (χ1v) is 10.8. The van der Waals surface area contributed by atoms with Crippen molar-refractivity contribution < 1.29 is 47.6 Å². The number of halogens is 2. The zero-order valence-electron chi connectivity index (χ0n) is 14.7. The van der Waals surface area contributed by atoms with E-state index in [1.165, 1.54) is 28.7 Å². The van der Waals surface area contributed by atoms with Crippen molar-refractivity contribution in [1.29, 1.82) is 0 Å². The van der Waals surface area contributed by atoms with Gasteiger partial charge in [-0.15, -0.1) is 0 Å². The van der Waals surface area contributed by atoms with Gasteiger partial charge in [-0.2, -0.15) is 0 Å². The van der Waals surface area contributed by atoms with Crippen LogP contribution in [0.4, 0.5) is 0 Å². The molecule has 127 valence electrons. The van der Waals surface area contributed by atoms with Gasteiger partial charge in [0, 0.05) is 0 Å². The van der Waals surface area contributed by atoms with E-state index < -0.39 is 22.8 Å². The summed E-state index contributed by atoms with van der Waals surface area (Å²) in [5.41, 5.74) is 8.99. The number of allylic oxidation sites excluding steroid dienone is 4. The number of fused-ring (bicyclic) bond motifs is 3. The standard InChI is InChI=1S/C19H15.C3H6.2ClH.Zr/c1-13-7-6-12-14(13)19-17-10-4-2-8-15(17)16-9-3-5-11-18(16)19;1-3-2;;;/h2-5,8-12,19H,6H2,1H3;1-2H3;2*1H;/q;;;;+2/p-2. The average molecular weight is 448 g/mol. The van der Waals surface area contributed by atoms with Gasteiger partial charge >= 0.3 is 150 Å². The summed E-state index contributed by atoms with van der Waals surface area (Å²) in [6, 6.07) is 17.9. The SMILES string of the molecule is C[C](C)=[Zr+2][C]1=C(C)C(C2c3ccccc3-c3ccccc32)=CC1.[Cl-].[Cl-]. The Morgan fingerprint density at radius 3 is 1.92 bits per heavy atom. The Morgan fingerprint density at radius 2 is 1.40 bits per heavy atom. The summed E-state index contributed by atoms with van der Waals surface area (Å²) < 4.78 is 3.44. The van der Waals surface area contributed by atoms with Crippen molar-refractivity contribution in [3.8, 4) is 11.1 Å². The van der Waals surface area contributed by atoms with E-state index >= 15 is 0 Å². The topological polar surface area (TPSA) is 0 Å². The van der Waals surface area contributed by atoms with E-state index in [0.717, 1.165) is 0 Å². The van der Waals surface area contributed by atoms with Gasteiger partial charge in [-0.1, -0.05) is 0 Å². The van der Waals surface area contributed by atoms with Gasteiger partial charge in [0.2, 0.25) is 0 Å². The third-order valence-electron chi connectivity index (χ3n) is 4.96. The van der Waals surface area contributed by atoms with Crippen molar-refractivity contribution >= 4 is 3.21 Å². The molecule has 2 aromatic rings. The van der Waals surface area contributed by atoms with Crippen LogP contribution in [0.2, 0.25) is 0 Å². The second-order valence-electron chi connectivity index (χ2n) is 6.70. The van der Waals surface area contributed by atoms with E-state index in [1.807, 2.05) is 0 Å². The Morgan fingerprint density at radius 1 is 0.880 bits per heavy atom. The Balaban J connectivity index is 0.00000113. The summed E-state index contributed by atoms with van der Waals surface area (Å²) in [5.74, 6) is 0.441. The smallest absolute Gasteiger partial charge is 1.00 e. The molecule has 0 bridgehead atoms. The molecule has 0 N–H and O–H groups in total. The molecule has 0 atom stereocenters. The summed E-state index contributed by atoms with van der Waals surface area (Å²) >= 11 is -0.489. The molecular weight excluding hydrogens is 426 g/mol. The molecule has 0 saturated carbocycles. The van der Waals surface area contributed by atoms with E-state index in [9.17, 15) is 0 Å². The molecule has 2 aliphatic rings. The molecule has 0 spiro atoms. The minimum absolute atomic E-state index is 0. The summed E-state index contributed by atoms with van der Waals surface area (Å²) in [5, 5.41) is 0. The van der Waals surface area contributed by atoms with Gasteiger partial charge in [-0.05, 0) is 0 Å². The molecule has 4 rings (SSSR count). The second-order valence-corrected chi connectivity index (χ2v) is 11.3. The van der Waals surface area contributed by atoms with Crippen LogP contribution < -0.4 is 24.8 Å². The third-order valence-corrected chi connectivity index (χ3v) is 8.35. The van der Waals surface area contributed by atoms with E-state index in [-0.39, 0.29) is 24.8 Å². The van der Waals surface area contributed by atoms with Crippen LogP contribution in [-0.4, -0.2) is 3.21 Å². The molecule has 0 unspecified atom stereocenters. The quantitative estimate of drug-likeness (QED) is 0.594. The Bertz CT molecular complexity index is 841. The number of benzene rings is 2. The van der Waals surface area contributed by atoms with Gasteiger partial charge in [0.05, 0.1) is 0 Å². The monoisotopic (exact) mass is 445 g/mol. The van der Waals surface area contributed by atoms with E-state index in [0.29, 0.717) is 5.92 Å². The predicted molar refractivity (Wildman–Crippen MR) is 95.5 cm³/mol. The Labute approximate surface area is 174 Å². The fraction of sp³-hybridized carbons (Fsp3) is 0.227. The van der Waals surface area contributed by atoms with Crippen LogP contribution in [0.25, 0.3) is 11.1 Å². The van der Waals surface area contributed by atoms with Crippen LogP contribution in [0.5, 0.6) is 0 Å². The first-order valence-electron chi connectivity index (χ1n) is 8.32. The zero-order valence-corrected chi connectivity index (χ0v) is 18.7. The number of hydrogen-bond acceptors (Lipinski definition) is 0. The van der Waals surface area contributed by atoms with Crippen LogP contribution in [0.1, 0.15) is 44.2 Å². The molecule has 0 amide bonds. The molecule has 0 radical (unpaired) electrons. The molecule has 0 nitrogen and oxygen atoms in total. The maximum atomic E-state index is 2.51. The van der Waals surface area contributed by atoms with Crippen LogP contribution in [0.3, 0.4) is 0 Å². The van der Waals surface area contributed by atoms with Gasteiger partial charge in [0.1, 0.15) is 0 Å². The molecule has 0 aromatic heterocycles. The fourth-order valence-electron chi connectivity index (χ4n) is 3.96. The minimum Gasteiger partial charge on any atom is -1.00 e. The summed E-state index contributed by atoms with van der Waals surface area (Å²) in [6.07, 6.45) is 3.71. The fourth-order valence-corrected chi connectivity index (χ4v) is 6.76. The van der Waals surface area contributed by atoms with Crippen molar-refractivity contribution in [1.82, 2.24) is 0 Å². The van der Waals surface area contributed by atoms with E-state index in [4.69, 9.17) is 0 Å². The second kappa shape index (κ2) is 8.30. The first-order chi connectivity index (χ1) is 11.2. The molecule has 0 heterocycles. The molecule has 2 aromatic carbocycles. The van der Waals surface area contributed by atoms with Crippen molar-refractivity contribution in [3.05, 3.63) is 80.2 Å². The summed E-state index contributed by atoms with van der Waals surface area (Å²) in [7, 11) is 0. The van der Waals surface area contributed by atoms with Crippen LogP contribution in [-0.2, 0) is 22.8 Å². The molecule has 0 saturated heterocycles. The van der Waals surface area contributed by atoms with Gasteiger partial charge in [0.25, 0.3) is 0 Å². The third kappa shape index (κ3) is 3.57. The first kappa shape index (κ1) is 20.6. The van der Waals surface area contributed by atoms with Crippen molar-refractivity contribution in [2.24, 2.45) is 0 Å². The summed E-state index contributed by atoms with van der Waals surface area (Å²) in [6.45, 7) is 6.98. The number of rotatable bonds is 2. The molecule has 3 heteroatoms. The zero-order chi connectivity index (χ0) is 16.0. The Hall–Kier alpha value is -0.747. The molecule has 25 heavy (non-hydrogen) atoms. The van der Waals surface area contributed by atoms with Gasteiger partial charge < -0.3 is 24.8 Å². The van der Waals surface area contributed by atoms with Crippen LogP contribution >= 0.6 is 0 Å². The maximum Gasteiger partial charge on any atom is -1.00 e. The Kier molecular flexibility index (Phi) is 6.82. The van der Waals surface area contributed by atoms with Gasteiger partial charge in [-0.3, -0.25) is 0 Å². The van der Waals surface area contributed by atoms with E-state index in [2.05, 4.69) is 75.4 Å². The maximum absolute atomic E-state index is 2.51. The molecule has 0 fully saturated rings. The van der Waals surface area contributed by atoms with Crippen LogP contribution in [0, 0.1) is 0 Å². The molecular formula is C22H21Cl2Zr. The van der Waals surface area contributed by atoms with Crippen molar-refractivity contribution in [3.63, 3.8) is 0 Å². The molecule has 2 aliphatic carbocycles. The minimum atomic E-state index is -0.489. The van der Waals surface area contributed by atoms with Gasteiger partial charge in [0.15, 0.2) is 0 Å². The van der Waals surface area contributed by atoms with Crippen molar-refractivity contribution in [2.75, 3.05) is 0 Å². The normalized spacial score (nSPS) is 14.8. The number of hydrogen-bond donors (Lipinski definition) is 0. The largest absolute Gasteiger partial charge is 1.00 e. The van der Waals surface area contributed by atoms with E-state index in [1.54, 1.807) is 17.6 Å². The van der Waals surface area contributed by atoms with Gasteiger partial charge in [-0.25, -0.2) is 0 Å². The summed E-state index contributed by atoms with van der Waals surface area (Å²) in [4.78, 5) is 0. The average Bonchev–Trinajstić information content (AvgIpc) is 3.06. The molecule has 0 aliphatic heterocycles. The predicted octanol–water partition coefficient (Wildman–Crippen LogP) is -0.294. The van der Waals surface area contributed by atoms with Crippen molar-refractivity contribution in [2.45, 2.75) is 33.1 Å².